The fourth-order valence-electron chi connectivity index (χ4n) is 2.78. The summed E-state index contributed by atoms with van der Waals surface area (Å²) in [6.45, 7) is 2.59. The molecule has 0 aromatic heterocycles. The predicted octanol–water partition coefficient (Wildman–Crippen LogP) is 1.89. The van der Waals surface area contributed by atoms with Crippen LogP contribution in [0, 0.1) is 10.1 Å². The van der Waals surface area contributed by atoms with Gasteiger partial charge in [0, 0.05) is 37.3 Å². The number of ether oxygens (including phenoxy) is 2. The second-order valence-corrected chi connectivity index (χ2v) is 6.32. The van der Waals surface area contributed by atoms with Crippen molar-refractivity contribution in [3.8, 4) is 0 Å². The lowest BCUT2D eigenvalue weighted by Gasteiger charge is -2.31. The number of carbonyl (C=O) groups excluding carboxylic acids is 3. The van der Waals surface area contributed by atoms with E-state index in [1.54, 1.807) is 17.9 Å². The summed E-state index contributed by atoms with van der Waals surface area (Å²) in [5, 5.41) is 13.5. The number of nitrogens with one attached hydrogen (secondary N) is 1. The lowest BCUT2D eigenvalue weighted by Crippen LogP contribution is -2.47. The Morgan fingerprint density at radius 3 is 2.66 bits per heavy atom. The van der Waals surface area contributed by atoms with E-state index in [-0.39, 0.29) is 17.8 Å². The highest BCUT2D eigenvalue weighted by atomic mass is 16.6. The van der Waals surface area contributed by atoms with Crippen LogP contribution >= 0.6 is 0 Å². The monoisotopic (exact) mass is 405 g/mol. The summed E-state index contributed by atoms with van der Waals surface area (Å²) < 4.78 is 9.82. The molecule has 1 fully saturated rings. The van der Waals surface area contributed by atoms with Crippen LogP contribution in [0.4, 0.5) is 10.5 Å². The molecule has 1 aliphatic heterocycles. The molecule has 1 aliphatic rings. The van der Waals surface area contributed by atoms with Crippen LogP contribution in [0.15, 0.2) is 30.3 Å². The molecule has 0 aliphatic carbocycles. The van der Waals surface area contributed by atoms with Crippen LogP contribution in [0.2, 0.25) is 0 Å². The van der Waals surface area contributed by atoms with E-state index in [2.05, 4.69) is 5.32 Å². The first-order valence-electron chi connectivity index (χ1n) is 9.19. The lowest BCUT2D eigenvalue weighted by atomic mass is 10.1. The summed E-state index contributed by atoms with van der Waals surface area (Å²) in [6.07, 6.45) is 3.29. The van der Waals surface area contributed by atoms with Crippen molar-refractivity contribution in [2.75, 3.05) is 26.3 Å². The number of carbonyl (C=O) groups is 3. The minimum atomic E-state index is -0.733. The summed E-state index contributed by atoms with van der Waals surface area (Å²) >= 11 is 0. The van der Waals surface area contributed by atoms with Crippen LogP contribution in [-0.4, -0.2) is 60.1 Å². The fourth-order valence-corrected chi connectivity index (χ4v) is 2.78. The van der Waals surface area contributed by atoms with Gasteiger partial charge in [0.05, 0.1) is 11.5 Å². The molecule has 1 aromatic rings. The van der Waals surface area contributed by atoms with Gasteiger partial charge in [0.2, 0.25) is 0 Å². The van der Waals surface area contributed by atoms with Crippen molar-refractivity contribution < 1.29 is 28.8 Å². The molecule has 10 heteroatoms. The standard InChI is InChI=1S/C19H23N3O7/c1-2-28-19(25)21-10-8-15(9-11-21)20-17(23)13-29-18(24)7-6-14-4-3-5-16(12-14)22(26)27/h3-7,12,15H,2,8-11,13H2,1H3,(H,20,23)/b7-6+. The number of nitro groups is 1. The van der Waals surface area contributed by atoms with Gasteiger partial charge in [0.25, 0.3) is 11.6 Å². The largest absolute Gasteiger partial charge is 0.452 e. The van der Waals surface area contributed by atoms with E-state index < -0.39 is 23.4 Å². The highest BCUT2D eigenvalue weighted by Gasteiger charge is 2.24. The smallest absolute Gasteiger partial charge is 0.409 e. The van der Waals surface area contributed by atoms with Crippen LogP contribution in [-0.2, 0) is 19.1 Å². The summed E-state index contributed by atoms with van der Waals surface area (Å²) in [7, 11) is 0. The third-order valence-corrected chi connectivity index (χ3v) is 4.22. The first-order chi connectivity index (χ1) is 13.9. The van der Waals surface area contributed by atoms with Crippen molar-refractivity contribution in [3.63, 3.8) is 0 Å². The maximum Gasteiger partial charge on any atom is 0.409 e. The Hall–Kier alpha value is -3.43. The topological polar surface area (TPSA) is 128 Å². The molecule has 0 atom stereocenters. The van der Waals surface area contributed by atoms with Crippen molar-refractivity contribution in [3.05, 3.63) is 46.0 Å². The Kier molecular flexibility index (Phi) is 8.13. The van der Waals surface area contributed by atoms with E-state index in [1.165, 1.54) is 24.3 Å². The Morgan fingerprint density at radius 2 is 2.00 bits per heavy atom. The van der Waals surface area contributed by atoms with Gasteiger partial charge in [-0.15, -0.1) is 0 Å². The van der Waals surface area contributed by atoms with Gasteiger partial charge in [0.15, 0.2) is 6.61 Å². The van der Waals surface area contributed by atoms with E-state index in [1.807, 2.05) is 0 Å². The number of esters is 1. The van der Waals surface area contributed by atoms with Gasteiger partial charge in [-0.2, -0.15) is 0 Å². The van der Waals surface area contributed by atoms with Crippen LogP contribution < -0.4 is 5.32 Å². The highest BCUT2D eigenvalue weighted by molar-refractivity contribution is 5.89. The Bertz CT molecular complexity index is 786. The predicted molar refractivity (Wildman–Crippen MR) is 103 cm³/mol. The number of non-ortho nitro benzene ring substituents is 1. The number of rotatable bonds is 7. The van der Waals surface area contributed by atoms with E-state index in [0.29, 0.717) is 38.1 Å². The van der Waals surface area contributed by atoms with Crippen molar-refractivity contribution in [2.24, 2.45) is 0 Å². The quantitative estimate of drug-likeness (QED) is 0.317. The molecule has 0 radical (unpaired) electrons. The van der Waals surface area contributed by atoms with Crippen LogP contribution in [0.1, 0.15) is 25.3 Å². The molecule has 0 bridgehead atoms. The van der Waals surface area contributed by atoms with Gasteiger partial charge in [-0.1, -0.05) is 12.1 Å². The normalized spacial score (nSPS) is 14.4. The minimum Gasteiger partial charge on any atom is -0.452 e. The van der Waals surface area contributed by atoms with E-state index in [4.69, 9.17) is 9.47 Å². The molecule has 1 aromatic carbocycles. The number of piperidine rings is 1. The Morgan fingerprint density at radius 1 is 1.28 bits per heavy atom. The van der Waals surface area contributed by atoms with Crippen molar-refractivity contribution in [1.29, 1.82) is 0 Å². The molecule has 1 saturated heterocycles. The SMILES string of the molecule is CCOC(=O)N1CCC(NC(=O)COC(=O)/C=C/c2cccc([N+](=O)[O-])c2)CC1. The maximum atomic E-state index is 11.9. The number of hydrogen-bond acceptors (Lipinski definition) is 7. The van der Waals surface area contributed by atoms with Gasteiger partial charge < -0.3 is 19.7 Å². The zero-order chi connectivity index (χ0) is 21.2. The van der Waals surface area contributed by atoms with Gasteiger partial charge in [-0.3, -0.25) is 14.9 Å². The molecule has 156 valence electrons. The number of nitrogens with zero attached hydrogens (tertiary/aromatic N) is 2. The molecule has 10 nitrogen and oxygen atoms in total. The number of amides is 2. The molecule has 29 heavy (non-hydrogen) atoms. The van der Waals surface area contributed by atoms with E-state index >= 15 is 0 Å². The van der Waals surface area contributed by atoms with Gasteiger partial charge in [-0.05, 0) is 31.4 Å². The minimum absolute atomic E-state index is 0.0890. The average Bonchev–Trinajstić information content (AvgIpc) is 2.71. The molecule has 0 saturated carbocycles. The van der Waals surface area contributed by atoms with Crippen molar-refractivity contribution in [1.82, 2.24) is 10.2 Å². The van der Waals surface area contributed by atoms with Crippen LogP contribution in [0.25, 0.3) is 6.08 Å². The average molecular weight is 405 g/mol. The molecule has 0 unspecified atom stereocenters. The molecule has 0 spiro atoms. The molecule has 1 heterocycles. The summed E-state index contributed by atoms with van der Waals surface area (Å²) in [5.74, 6) is -1.17. The number of hydrogen-bond donors (Lipinski definition) is 1. The number of likely N-dealkylation sites (tertiary alicyclic amines) is 1. The molecular weight excluding hydrogens is 382 g/mol. The van der Waals surface area contributed by atoms with Crippen molar-refractivity contribution >= 4 is 29.7 Å². The molecule has 2 amide bonds. The third-order valence-electron chi connectivity index (χ3n) is 4.22. The van der Waals surface area contributed by atoms with Gasteiger partial charge >= 0.3 is 12.1 Å². The molecule has 1 N–H and O–H groups in total. The summed E-state index contributed by atoms with van der Waals surface area (Å²) in [5.41, 5.74) is 0.378. The van der Waals surface area contributed by atoms with E-state index in [9.17, 15) is 24.5 Å². The van der Waals surface area contributed by atoms with Gasteiger partial charge in [-0.25, -0.2) is 9.59 Å². The number of nitro benzene ring substituents is 1. The van der Waals surface area contributed by atoms with E-state index in [0.717, 1.165) is 6.08 Å². The Labute approximate surface area is 167 Å². The fraction of sp³-hybridized carbons (Fsp3) is 0.421. The third kappa shape index (κ3) is 7.24. The first-order valence-corrected chi connectivity index (χ1v) is 9.19. The number of benzene rings is 1. The first kappa shape index (κ1) is 21.9. The van der Waals surface area contributed by atoms with Crippen LogP contribution in [0.3, 0.4) is 0 Å². The van der Waals surface area contributed by atoms with Crippen LogP contribution in [0.5, 0.6) is 0 Å². The molecular formula is C19H23N3O7. The van der Waals surface area contributed by atoms with Crippen molar-refractivity contribution in [2.45, 2.75) is 25.8 Å². The molecule has 2 rings (SSSR count). The Balaban J connectivity index is 1.71. The maximum absolute atomic E-state index is 11.9. The second-order valence-electron chi connectivity index (χ2n) is 6.32. The lowest BCUT2D eigenvalue weighted by molar-refractivity contribution is -0.384. The highest BCUT2D eigenvalue weighted by Crippen LogP contribution is 2.14. The van der Waals surface area contributed by atoms with Gasteiger partial charge in [0.1, 0.15) is 0 Å². The summed E-state index contributed by atoms with van der Waals surface area (Å²) in [4.78, 5) is 47.1. The summed E-state index contributed by atoms with van der Waals surface area (Å²) in [6, 6.07) is 5.67. The second kappa shape index (κ2) is 10.8. The zero-order valence-corrected chi connectivity index (χ0v) is 16.0. The zero-order valence-electron chi connectivity index (χ0n) is 16.0.